The van der Waals surface area contributed by atoms with Crippen molar-refractivity contribution in [3.63, 3.8) is 0 Å². The van der Waals surface area contributed by atoms with E-state index in [9.17, 15) is 36.0 Å². The molecule has 0 aliphatic heterocycles. The van der Waals surface area contributed by atoms with Crippen LogP contribution in [0.5, 0.6) is 0 Å². The molecule has 0 spiro atoms. The van der Waals surface area contributed by atoms with Gasteiger partial charge in [0.2, 0.25) is 0 Å². The minimum atomic E-state index is -4.62. The first-order valence-corrected chi connectivity index (χ1v) is 10.1. The zero-order valence-electron chi connectivity index (χ0n) is 16.6. The fourth-order valence-electron chi connectivity index (χ4n) is 2.48. The lowest BCUT2D eigenvalue weighted by molar-refractivity contribution is -0.123. The van der Waals surface area contributed by atoms with E-state index < -0.39 is 45.5 Å². The molecule has 13 heteroatoms. The third-order valence-electron chi connectivity index (χ3n) is 3.92. The number of rotatable bonds is 7. The highest BCUT2D eigenvalue weighted by Gasteiger charge is 2.28. The van der Waals surface area contributed by atoms with Crippen LogP contribution in [0, 0.1) is 0 Å². The number of hydrogen-bond donors (Lipinski definition) is 2. The molecule has 0 saturated carbocycles. The third kappa shape index (κ3) is 6.20. The van der Waals surface area contributed by atoms with E-state index in [0.29, 0.717) is 0 Å². The highest BCUT2D eigenvalue weighted by atomic mass is 32.2. The van der Waals surface area contributed by atoms with Crippen molar-refractivity contribution in [1.29, 1.82) is 0 Å². The minimum Gasteiger partial charge on any atom is -0.465 e. The third-order valence-corrected chi connectivity index (χ3v) is 5.35. The fourth-order valence-corrected chi connectivity index (χ4v) is 3.75. The van der Waals surface area contributed by atoms with Gasteiger partial charge in [0.1, 0.15) is 11.4 Å². The standard InChI is InChI=1S/C19H17F3N2O7S/c1-30-17(26)12-6-7-14(18(27)31-2)15(9-12)32(28,29)24-13-5-3-4-11(8-13)16(25)23-10-19(20,21)22/h3-9,24H,10H2,1-2H3,(H,23,25). The second-order valence-electron chi connectivity index (χ2n) is 6.18. The Morgan fingerprint density at radius 1 is 0.938 bits per heavy atom. The smallest absolute Gasteiger partial charge is 0.405 e. The fraction of sp³-hybridized carbons (Fsp3) is 0.211. The van der Waals surface area contributed by atoms with Gasteiger partial charge in [0.15, 0.2) is 0 Å². The van der Waals surface area contributed by atoms with E-state index in [1.54, 1.807) is 5.32 Å². The Morgan fingerprint density at radius 2 is 1.59 bits per heavy atom. The summed E-state index contributed by atoms with van der Waals surface area (Å²) in [7, 11) is -2.40. The normalized spacial score (nSPS) is 11.4. The molecule has 0 radical (unpaired) electrons. The van der Waals surface area contributed by atoms with Crippen molar-refractivity contribution < 1.29 is 45.4 Å². The second kappa shape index (κ2) is 9.68. The number of anilines is 1. The number of alkyl halides is 3. The van der Waals surface area contributed by atoms with E-state index in [-0.39, 0.29) is 22.4 Å². The summed E-state index contributed by atoms with van der Waals surface area (Å²) in [6, 6.07) is 7.80. The average molecular weight is 474 g/mol. The molecule has 1 amide bonds. The van der Waals surface area contributed by atoms with Gasteiger partial charge in [-0.25, -0.2) is 18.0 Å². The van der Waals surface area contributed by atoms with E-state index in [0.717, 1.165) is 32.4 Å². The molecule has 0 bridgehead atoms. The molecule has 0 heterocycles. The van der Waals surface area contributed by atoms with Crippen LogP contribution in [0.1, 0.15) is 31.1 Å². The molecule has 0 saturated heterocycles. The lowest BCUT2D eigenvalue weighted by Crippen LogP contribution is -2.33. The lowest BCUT2D eigenvalue weighted by atomic mass is 10.1. The Labute approximate surface area is 180 Å². The van der Waals surface area contributed by atoms with Gasteiger partial charge in [-0.2, -0.15) is 13.2 Å². The van der Waals surface area contributed by atoms with Crippen molar-refractivity contribution in [2.24, 2.45) is 0 Å². The maximum absolute atomic E-state index is 12.9. The molecule has 2 rings (SSSR count). The number of carbonyl (C=O) groups is 3. The quantitative estimate of drug-likeness (QED) is 0.590. The number of esters is 2. The van der Waals surface area contributed by atoms with Gasteiger partial charge in [0, 0.05) is 11.3 Å². The predicted octanol–water partition coefficient (Wildman–Crippen LogP) is 2.35. The zero-order chi connectivity index (χ0) is 24.1. The molecular formula is C19H17F3N2O7S. The van der Waals surface area contributed by atoms with Crippen molar-refractivity contribution in [2.75, 3.05) is 25.5 Å². The maximum Gasteiger partial charge on any atom is 0.405 e. The van der Waals surface area contributed by atoms with Crippen molar-refractivity contribution in [1.82, 2.24) is 5.32 Å². The van der Waals surface area contributed by atoms with Crippen LogP contribution >= 0.6 is 0 Å². The molecule has 0 fully saturated rings. The Kier molecular flexibility index (Phi) is 7.46. The van der Waals surface area contributed by atoms with Gasteiger partial charge in [0.05, 0.1) is 25.3 Å². The van der Waals surface area contributed by atoms with Crippen LogP contribution in [0.2, 0.25) is 0 Å². The van der Waals surface area contributed by atoms with Crippen LogP contribution < -0.4 is 10.0 Å². The van der Waals surface area contributed by atoms with E-state index in [2.05, 4.69) is 14.2 Å². The average Bonchev–Trinajstić information content (AvgIpc) is 2.75. The molecular weight excluding hydrogens is 457 g/mol. The second-order valence-corrected chi connectivity index (χ2v) is 7.83. The number of sulfonamides is 1. The van der Waals surface area contributed by atoms with Crippen molar-refractivity contribution in [3.8, 4) is 0 Å². The van der Waals surface area contributed by atoms with E-state index in [1.165, 1.54) is 24.3 Å². The summed E-state index contributed by atoms with van der Waals surface area (Å²) < 4.78 is 73.9. The molecule has 2 N–H and O–H groups in total. The van der Waals surface area contributed by atoms with Gasteiger partial charge in [-0.15, -0.1) is 0 Å². The summed E-state index contributed by atoms with van der Waals surface area (Å²) >= 11 is 0. The first-order valence-electron chi connectivity index (χ1n) is 8.66. The summed E-state index contributed by atoms with van der Waals surface area (Å²) in [5, 5.41) is 1.66. The van der Waals surface area contributed by atoms with Gasteiger partial charge < -0.3 is 14.8 Å². The van der Waals surface area contributed by atoms with Crippen molar-refractivity contribution in [2.45, 2.75) is 11.1 Å². The van der Waals surface area contributed by atoms with Gasteiger partial charge in [-0.1, -0.05) is 6.07 Å². The number of carbonyl (C=O) groups excluding carboxylic acids is 3. The molecule has 0 aliphatic carbocycles. The predicted molar refractivity (Wildman–Crippen MR) is 105 cm³/mol. The molecule has 2 aromatic carbocycles. The molecule has 0 aliphatic rings. The van der Waals surface area contributed by atoms with Crippen molar-refractivity contribution in [3.05, 3.63) is 59.2 Å². The Bertz CT molecular complexity index is 1150. The SMILES string of the molecule is COC(=O)c1ccc(C(=O)OC)c(S(=O)(=O)Nc2cccc(C(=O)NCC(F)(F)F)c2)c1. The van der Waals surface area contributed by atoms with E-state index >= 15 is 0 Å². The van der Waals surface area contributed by atoms with Crippen LogP contribution in [0.3, 0.4) is 0 Å². The summed E-state index contributed by atoms with van der Waals surface area (Å²) in [4.78, 5) is 35.1. The number of benzene rings is 2. The van der Waals surface area contributed by atoms with Crippen LogP contribution in [0.15, 0.2) is 47.4 Å². The van der Waals surface area contributed by atoms with Gasteiger partial charge in [-0.05, 0) is 36.4 Å². The topological polar surface area (TPSA) is 128 Å². The number of nitrogens with one attached hydrogen (secondary N) is 2. The number of methoxy groups -OCH3 is 2. The lowest BCUT2D eigenvalue weighted by Gasteiger charge is -2.13. The van der Waals surface area contributed by atoms with Crippen LogP contribution in [0.4, 0.5) is 18.9 Å². The van der Waals surface area contributed by atoms with Gasteiger partial charge in [0.25, 0.3) is 15.9 Å². The molecule has 172 valence electrons. The highest BCUT2D eigenvalue weighted by Crippen LogP contribution is 2.23. The molecule has 0 atom stereocenters. The first kappa shape index (κ1) is 24.7. The summed E-state index contributed by atoms with van der Waals surface area (Å²) in [6.45, 7) is -1.56. The zero-order valence-corrected chi connectivity index (χ0v) is 17.5. The Hall–Kier alpha value is -3.61. The van der Waals surface area contributed by atoms with Gasteiger partial charge >= 0.3 is 18.1 Å². The largest absolute Gasteiger partial charge is 0.465 e. The van der Waals surface area contributed by atoms with E-state index in [1.807, 2.05) is 0 Å². The van der Waals surface area contributed by atoms with Crippen LogP contribution in [0.25, 0.3) is 0 Å². The minimum absolute atomic E-state index is 0.166. The Balaban J connectivity index is 2.40. The number of halogens is 3. The van der Waals surface area contributed by atoms with Crippen LogP contribution in [-0.4, -0.2) is 53.2 Å². The molecule has 0 unspecified atom stereocenters. The summed E-state index contributed by atoms with van der Waals surface area (Å²) in [5.41, 5.74) is -0.970. The molecule has 0 aromatic heterocycles. The Morgan fingerprint density at radius 3 is 2.19 bits per heavy atom. The first-order chi connectivity index (χ1) is 14.9. The molecule has 2 aromatic rings. The molecule has 32 heavy (non-hydrogen) atoms. The number of ether oxygens (including phenoxy) is 2. The van der Waals surface area contributed by atoms with E-state index in [4.69, 9.17) is 0 Å². The van der Waals surface area contributed by atoms with Gasteiger partial charge in [-0.3, -0.25) is 9.52 Å². The highest BCUT2D eigenvalue weighted by molar-refractivity contribution is 7.92. The summed E-state index contributed by atoms with van der Waals surface area (Å²) in [5.74, 6) is -2.94. The van der Waals surface area contributed by atoms with Crippen molar-refractivity contribution >= 4 is 33.6 Å². The number of amides is 1. The molecule has 9 nitrogen and oxygen atoms in total. The monoisotopic (exact) mass is 474 g/mol. The number of hydrogen-bond acceptors (Lipinski definition) is 7. The van der Waals surface area contributed by atoms with Crippen LogP contribution in [-0.2, 0) is 19.5 Å². The summed E-state index contributed by atoms with van der Waals surface area (Å²) in [6.07, 6.45) is -4.62. The maximum atomic E-state index is 12.9.